The van der Waals surface area contributed by atoms with E-state index in [0.29, 0.717) is 6.04 Å². The molecule has 0 saturated carbocycles. The quantitative estimate of drug-likeness (QED) is 0.703. The molecule has 3 heteroatoms. The third kappa shape index (κ3) is 5.10. The van der Waals surface area contributed by atoms with Gasteiger partial charge in [-0.1, -0.05) is 0 Å². The van der Waals surface area contributed by atoms with Gasteiger partial charge >= 0.3 is 0 Å². The van der Waals surface area contributed by atoms with Gasteiger partial charge in [0.15, 0.2) is 0 Å². The highest BCUT2D eigenvalue weighted by molar-refractivity contribution is 7.12. The summed E-state index contributed by atoms with van der Waals surface area (Å²) in [7, 11) is 0. The highest BCUT2D eigenvalue weighted by Gasteiger charge is 2.05. The van der Waals surface area contributed by atoms with Gasteiger partial charge in [0.1, 0.15) is 0 Å². The zero-order valence-electron chi connectivity index (χ0n) is 10.6. The Labute approximate surface area is 103 Å². The van der Waals surface area contributed by atoms with E-state index in [-0.39, 0.29) is 0 Å². The van der Waals surface area contributed by atoms with Crippen LogP contribution in [0.3, 0.4) is 0 Å². The number of thiophene rings is 1. The van der Waals surface area contributed by atoms with Gasteiger partial charge in [0.25, 0.3) is 0 Å². The van der Waals surface area contributed by atoms with E-state index in [9.17, 15) is 0 Å². The van der Waals surface area contributed by atoms with Crippen molar-refractivity contribution in [3.05, 3.63) is 21.9 Å². The van der Waals surface area contributed by atoms with Gasteiger partial charge in [0, 0.05) is 29.0 Å². The van der Waals surface area contributed by atoms with Crippen molar-refractivity contribution in [3.8, 4) is 0 Å². The molecule has 2 nitrogen and oxygen atoms in total. The highest BCUT2D eigenvalue weighted by Crippen LogP contribution is 2.21. The van der Waals surface area contributed by atoms with Crippen LogP contribution in [0.1, 0.15) is 42.5 Å². The minimum Gasteiger partial charge on any atom is -0.382 e. The van der Waals surface area contributed by atoms with Gasteiger partial charge in [-0.05, 0) is 52.3 Å². The molecule has 0 saturated heterocycles. The van der Waals surface area contributed by atoms with E-state index in [1.165, 1.54) is 16.2 Å². The SMILES string of the molecule is CCOCCCCNC(C)c1ccc(C)s1. The third-order valence-corrected chi connectivity index (χ3v) is 3.74. The molecule has 1 rings (SSSR count). The first kappa shape index (κ1) is 13.7. The van der Waals surface area contributed by atoms with Crippen molar-refractivity contribution in [2.24, 2.45) is 0 Å². The van der Waals surface area contributed by atoms with E-state index in [2.05, 4.69) is 31.3 Å². The summed E-state index contributed by atoms with van der Waals surface area (Å²) in [6.07, 6.45) is 2.34. The maximum atomic E-state index is 5.30. The van der Waals surface area contributed by atoms with Gasteiger partial charge in [-0.25, -0.2) is 0 Å². The Hall–Kier alpha value is -0.380. The first-order valence-corrected chi connectivity index (χ1v) is 6.93. The summed E-state index contributed by atoms with van der Waals surface area (Å²) in [5.41, 5.74) is 0. The van der Waals surface area contributed by atoms with Crippen molar-refractivity contribution >= 4 is 11.3 Å². The Morgan fingerprint density at radius 2 is 2.19 bits per heavy atom. The molecule has 0 spiro atoms. The van der Waals surface area contributed by atoms with Gasteiger partial charge < -0.3 is 10.1 Å². The molecule has 0 amide bonds. The molecular formula is C13H23NOS. The Morgan fingerprint density at radius 1 is 1.38 bits per heavy atom. The van der Waals surface area contributed by atoms with Gasteiger partial charge in [-0.15, -0.1) is 11.3 Å². The smallest absolute Gasteiger partial charge is 0.0466 e. The molecule has 1 heterocycles. The zero-order chi connectivity index (χ0) is 11.8. The average Bonchev–Trinajstić information content (AvgIpc) is 2.70. The second-order valence-electron chi connectivity index (χ2n) is 4.03. The molecule has 92 valence electrons. The molecule has 0 aliphatic rings. The summed E-state index contributed by atoms with van der Waals surface area (Å²) < 4.78 is 5.30. The van der Waals surface area contributed by atoms with Crippen molar-refractivity contribution in [1.29, 1.82) is 0 Å². The van der Waals surface area contributed by atoms with E-state index < -0.39 is 0 Å². The molecule has 0 aliphatic carbocycles. The average molecular weight is 241 g/mol. The van der Waals surface area contributed by atoms with E-state index in [1.807, 2.05) is 18.3 Å². The van der Waals surface area contributed by atoms with Gasteiger partial charge in [-0.3, -0.25) is 0 Å². The van der Waals surface area contributed by atoms with Gasteiger partial charge in [-0.2, -0.15) is 0 Å². The fraction of sp³-hybridized carbons (Fsp3) is 0.692. The lowest BCUT2D eigenvalue weighted by atomic mass is 10.2. The largest absolute Gasteiger partial charge is 0.382 e. The second kappa shape index (κ2) is 7.82. The number of hydrogen-bond donors (Lipinski definition) is 1. The molecule has 0 aliphatic heterocycles. The third-order valence-electron chi connectivity index (χ3n) is 2.56. The molecule has 1 aromatic rings. The molecule has 1 atom stereocenters. The van der Waals surface area contributed by atoms with Crippen LogP contribution in [0.25, 0.3) is 0 Å². The standard InChI is InChI=1S/C13H23NOS/c1-4-15-10-6-5-9-14-12(3)13-8-7-11(2)16-13/h7-8,12,14H,4-6,9-10H2,1-3H3. The molecule has 16 heavy (non-hydrogen) atoms. The monoisotopic (exact) mass is 241 g/mol. The Morgan fingerprint density at radius 3 is 2.81 bits per heavy atom. The Bertz CT molecular complexity index is 285. The number of aryl methyl sites for hydroxylation is 1. The van der Waals surface area contributed by atoms with Crippen molar-refractivity contribution in [2.75, 3.05) is 19.8 Å². The summed E-state index contributed by atoms with van der Waals surface area (Å²) in [5, 5.41) is 3.54. The summed E-state index contributed by atoms with van der Waals surface area (Å²) in [6, 6.07) is 4.89. The van der Waals surface area contributed by atoms with Crippen LogP contribution in [0, 0.1) is 6.92 Å². The number of rotatable bonds is 8. The zero-order valence-corrected chi connectivity index (χ0v) is 11.4. The van der Waals surface area contributed by atoms with E-state index in [0.717, 1.165) is 26.2 Å². The van der Waals surface area contributed by atoms with Crippen LogP contribution < -0.4 is 5.32 Å². The molecule has 0 bridgehead atoms. The number of ether oxygens (including phenoxy) is 1. The maximum absolute atomic E-state index is 5.30. The van der Waals surface area contributed by atoms with Gasteiger partial charge in [0.05, 0.1) is 0 Å². The summed E-state index contributed by atoms with van der Waals surface area (Å²) in [6.45, 7) is 9.23. The van der Waals surface area contributed by atoms with Crippen LogP contribution in [0.2, 0.25) is 0 Å². The summed E-state index contributed by atoms with van der Waals surface area (Å²) >= 11 is 1.88. The molecule has 1 aromatic heterocycles. The first-order chi connectivity index (χ1) is 7.74. The predicted molar refractivity (Wildman–Crippen MR) is 71.2 cm³/mol. The van der Waals surface area contributed by atoms with Crippen LogP contribution in [0.15, 0.2) is 12.1 Å². The first-order valence-electron chi connectivity index (χ1n) is 6.11. The number of nitrogens with one attached hydrogen (secondary N) is 1. The summed E-state index contributed by atoms with van der Waals surface area (Å²) in [5.74, 6) is 0. The molecule has 1 unspecified atom stereocenters. The lowest BCUT2D eigenvalue weighted by Crippen LogP contribution is -2.19. The fourth-order valence-corrected chi connectivity index (χ4v) is 2.48. The van der Waals surface area contributed by atoms with E-state index >= 15 is 0 Å². The predicted octanol–water partition coefficient (Wildman–Crippen LogP) is 3.52. The molecular weight excluding hydrogens is 218 g/mol. The minimum atomic E-state index is 0.478. The van der Waals surface area contributed by atoms with Crippen LogP contribution >= 0.6 is 11.3 Å². The van der Waals surface area contributed by atoms with E-state index in [1.54, 1.807) is 0 Å². The van der Waals surface area contributed by atoms with Gasteiger partial charge in [0.2, 0.25) is 0 Å². The van der Waals surface area contributed by atoms with Crippen molar-refractivity contribution in [1.82, 2.24) is 5.32 Å². The van der Waals surface area contributed by atoms with Crippen LogP contribution in [0.4, 0.5) is 0 Å². The van der Waals surface area contributed by atoms with E-state index in [4.69, 9.17) is 4.74 Å². The fourth-order valence-electron chi connectivity index (χ4n) is 1.58. The Balaban J connectivity index is 2.09. The topological polar surface area (TPSA) is 21.3 Å². The molecule has 0 radical (unpaired) electrons. The number of unbranched alkanes of at least 4 members (excludes halogenated alkanes) is 1. The maximum Gasteiger partial charge on any atom is 0.0466 e. The summed E-state index contributed by atoms with van der Waals surface area (Å²) in [4.78, 5) is 2.82. The van der Waals surface area contributed by atoms with Crippen LogP contribution in [-0.4, -0.2) is 19.8 Å². The van der Waals surface area contributed by atoms with Crippen molar-refractivity contribution < 1.29 is 4.74 Å². The van der Waals surface area contributed by atoms with Crippen molar-refractivity contribution in [3.63, 3.8) is 0 Å². The number of hydrogen-bond acceptors (Lipinski definition) is 3. The van der Waals surface area contributed by atoms with Crippen molar-refractivity contribution in [2.45, 2.75) is 39.7 Å². The Kier molecular flexibility index (Phi) is 6.69. The molecule has 0 aromatic carbocycles. The van der Waals surface area contributed by atoms with Crippen LogP contribution in [0.5, 0.6) is 0 Å². The molecule has 0 fully saturated rings. The van der Waals surface area contributed by atoms with Crippen LogP contribution in [-0.2, 0) is 4.74 Å². The normalized spacial score (nSPS) is 12.9. The minimum absolute atomic E-state index is 0.478. The molecule has 1 N–H and O–H groups in total. The highest BCUT2D eigenvalue weighted by atomic mass is 32.1. The second-order valence-corrected chi connectivity index (χ2v) is 5.35. The lowest BCUT2D eigenvalue weighted by molar-refractivity contribution is 0.143. The lowest BCUT2D eigenvalue weighted by Gasteiger charge is -2.11.